The van der Waals surface area contributed by atoms with Gasteiger partial charge in [0, 0.05) is 25.5 Å². The highest BCUT2D eigenvalue weighted by Crippen LogP contribution is 2.04. The van der Waals surface area contributed by atoms with E-state index in [0.29, 0.717) is 25.3 Å². The van der Waals surface area contributed by atoms with Crippen LogP contribution in [-0.2, 0) is 13.1 Å². The van der Waals surface area contributed by atoms with E-state index in [1.165, 1.54) is 0 Å². The molecule has 100 valence electrons. The van der Waals surface area contributed by atoms with E-state index in [1.807, 2.05) is 13.0 Å². The molecule has 2 rings (SSSR count). The van der Waals surface area contributed by atoms with Crippen molar-refractivity contribution in [1.82, 2.24) is 25.3 Å². The maximum absolute atomic E-state index is 11.9. The minimum absolute atomic E-state index is 0.250. The highest BCUT2D eigenvalue weighted by molar-refractivity contribution is 5.91. The molecule has 7 nitrogen and oxygen atoms in total. The molecule has 2 heterocycles. The van der Waals surface area contributed by atoms with Gasteiger partial charge in [-0.25, -0.2) is 0 Å². The molecule has 19 heavy (non-hydrogen) atoms. The third-order valence-corrected chi connectivity index (χ3v) is 2.71. The van der Waals surface area contributed by atoms with Gasteiger partial charge in [0.15, 0.2) is 5.69 Å². The Hall–Kier alpha value is -2.28. The normalized spacial score (nSPS) is 10.4. The second-order valence-corrected chi connectivity index (χ2v) is 4.14. The molecule has 0 saturated heterocycles. The second-order valence-electron chi connectivity index (χ2n) is 4.14. The van der Waals surface area contributed by atoms with Crippen molar-refractivity contribution in [1.29, 1.82) is 0 Å². The molecule has 0 unspecified atom stereocenters. The van der Waals surface area contributed by atoms with E-state index in [1.54, 1.807) is 23.3 Å². The van der Waals surface area contributed by atoms with Crippen molar-refractivity contribution < 1.29 is 4.79 Å². The largest absolute Gasteiger partial charge is 0.347 e. The topological polar surface area (TPSA) is 98.7 Å². The van der Waals surface area contributed by atoms with Crippen molar-refractivity contribution in [2.75, 3.05) is 6.54 Å². The van der Waals surface area contributed by atoms with Crippen LogP contribution in [0.1, 0.15) is 21.6 Å². The van der Waals surface area contributed by atoms with Crippen LogP contribution in [0, 0.1) is 6.92 Å². The first kappa shape index (κ1) is 13.2. The highest BCUT2D eigenvalue weighted by Gasteiger charge is 2.10. The number of hydrogen-bond donors (Lipinski definition) is 2. The SMILES string of the molecule is Cc1cnccc1CNC(=O)c1cn(CCN)nn1. The molecule has 0 radical (unpaired) electrons. The molecule has 0 aliphatic rings. The van der Waals surface area contributed by atoms with E-state index in [4.69, 9.17) is 5.73 Å². The fourth-order valence-electron chi connectivity index (χ4n) is 1.61. The smallest absolute Gasteiger partial charge is 0.273 e. The predicted molar refractivity (Wildman–Crippen MR) is 69.2 cm³/mol. The Morgan fingerprint density at radius 2 is 2.37 bits per heavy atom. The molecule has 0 aliphatic heterocycles. The van der Waals surface area contributed by atoms with Crippen LogP contribution in [-0.4, -0.2) is 32.4 Å². The van der Waals surface area contributed by atoms with Crippen LogP contribution in [0.2, 0.25) is 0 Å². The van der Waals surface area contributed by atoms with Crippen LogP contribution in [0.5, 0.6) is 0 Å². The lowest BCUT2D eigenvalue weighted by Crippen LogP contribution is -2.23. The standard InChI is InChI=1S/C12H16N6O/c1-9-6-14-4-2-10(9)7-15-12(19)11-8-18(5-3-13)17-16-11/h2,4,6,8H,3,5,7,13H2,1H3,(H,15,19). The van der Waals surface area contributed by atoms with Crippen LogP contribution in [0.4, 0.5) is 0 Å². The number of rotatable bonds is 5. The zero-order chi connectivity index (χ0) is 13.7. The quantitative estimate of drug-likeness (QED) is 0.780. The number of nitrogens with one attached hydrogen (secondary N) is 1. The van der Waals surface area contributed by atoms with E-state index in [0.717, 1.165) is 11.1 Å². The van der Waals surface area contributed by atoms with Crippen molar-refractivity contribution in [3.05, 3.63) is 41.5 Å². The average Bonchev–Trinajstić information content (AvgIpc) is 2.87. The number of aryl methyl sites for hydroxylation is 1. The van der Waals surface area contributed by atoms with Crippen LogP contribution < -0.4 is 11.1 Å². The second kappa shape index (κ2) is 6.05. The molecule has 2 aromatic rings. The Morgan fingerprint density at radius 1 is 1.53 bits per heavy atom. The summed E-state index contributed by atoms with van der Waals surface area (Å²) in [4.78, 5) is 15.9. The summed E-state index contributed by atoms with van der Waals surface area (Å²) < 4.78 is 1.55. The molecule has 1 amide bonds. The Morgan fingerprint density at radius 3 is 3.11 bits per heavy atom. The van der Waals surface area contributed by atoms with Crippen LogP contribution >= 0.6 is 0 Å². The van der Waals surface area contributed by atoms with Crippen LogP contribution in [0.3, 0.4) is 0 Å². The van der Waals surface area contributed by atoms with Gasteiger partial charge in [-0.1, -0.05) is 5.21 Å². The minimum Gasteiger partial charge on any atom is -0.347 e. The van der Waals surface area contributed by atoms with Crippen molar-refractivity contribution >= 4 is 5.91 Å². The highest BCUT2D eigenvalue weighted by atomic mass is 16.2. The summed E-state index contributed by atoms with van der Waals surface area (Å²) >= 11 is 0. The van der Waals surface area contributed by atoms with Gasteiger partial charge in [0.05, 0.1) is 12.7 Å². The fourth-order valence-corrected chi connectivity index (χ4v) is 1.61. The number of carbonyl (C=O) groups is 1. The van der Waals surface area contributed by atoms with Gasteiger partial charge in [0.2, 0.25) is 0 Å². The Labute approximate surface area is 110 Å². The number of pyridine rings is 1. The summed E-state index contributed by atoms with van der Waals surface area (Å²) in [6.45, 7) is 3.40. The number of nitrogens with two attached hydrogens (primary N) is 1. The number of aromatic nitrogens is 4. The Kier molecular flexibility index (Phi) is 4.19. The van der Waals surface area contributed by atoms with E-state index in [-0.39, 0.29) is 5.91 Å². The molecule has 0 bridgehead atoms. The van der Waals surface area contributed by atoms with Crippen LogP contribution in [0.25, 0.3) is 0 Å². The lowest BCUT2D eigenvalue weighted by Gasteiger charge is -2.05. The van der Waals surface area contributed by atoms with Gasteiger partial charge < -0.3 is 11.1 Å². The van der Waals surface area contributed by atoms with E-state index in [9.17, 15) is 4.79 Å². The average molecular weight is 260 g/mol. The zero-order valence-electron chi connectivity index (χ0n) is 10.7. The summed E-state index contributed by atoms with van der Waals surface area (Å²) in [5, 5.41) is 10.4. The molecule has 3 N–H and O–H groups in total. The van der Waals surface area contributed by atoms with Gasteiger partial charge in [0.25, 0.3) is 5.91 Å². The molecule has 0 spiro atoms. The monoisotopic (exact) mass is 260 g/mol. The van der Waals surface area contributed by atoms with Gasteiger partial charge >= 0.3 is 0 Å². The maximum Gasteiger partial charge on any atom is 0.273 e. The Bertz CT molecular complexity index is 565. The van der Waals surface area contributed by atoms with Gasteiger partial charge in [-0.2, -0.15) is 0 Å². The van der Waals surface area contributed by atoms with E-state index >= 15 is 0 Å². The molecular formula is C12H16N6O. The summed E-state index contributed by atoms with van der Waals surface area (Å²) in [5.41, 5.74) is 7.76. The molecule has 0 fully saturated rings. The lowest BCUT2D eigenvalue weighted by atomic mass is 10.1. The Balaban J connectivity index is 1.95. The summed E-state index contributed by atoms with van der Waals surface area (Å²) in [6, 6.07) is 1.88. The van der Waals surface area contributed by atoms with Gasteiger partial charge in [-0.15, -0.1) is 5.10 Å². The third-order valence-electron chi connectivity index (χ3n) is 2.71. The van der Waals surface area contributed by atoms with Crippen molar-refractivity contribution in [3.8, 4) is 0 Å². The van der Waals surface area contributed by atoms with E-state index < -0.39 is 0 Å². The zero-order valence-corrected chi connectivity index (χ0v) is 10.7. The predicted octanol–water partition coefficient (Wildman–Crippen LogP) is -0.130. The molecule has 0 saturated carbocycles. The lowest BCUT2D eigenvalue weighted by molar-refractivity contribution is 0.0946. The molecule has 7 heteroatoms. The molecule has 0 aromatic carbocycles. The van der Waals surface area contributed by atoms with Crippen LogP contribution in [0.15, 0.2) is 24.7 Å². The maximum atomic E-state index is 11.9. The summed E-state index contributed by atoms with van der Waals surface area (Å²) in [7, 11) is 0. The fraction of sp³-hybridized carbons (Fsp3) is 0.333. The van der Waals surface area contributed by atoms with E-state index in [2.05, 4.69) is 20.6 Å². The van der Waals surface area contributed by atoms with Crippen molar-refractivity contribution in [2.24, 2.45) is 5.73 Å². The number of hydrogen-bond acceptors (Lipinski definition) is 5. The van der Waals surface area contributed by atoms with Crippen molar-refractivity contribution in [3.63, 3.8) is 0 Å². The van der Waals surface area contributed by atoms with Gasteiger partial charge in [-0.3, -0.25) is 14.5 Å². The first-order chi connectivity index (χ1) is 9.20. The number of nitrogens with zero attached hydrogens (tertiary/aromatic N) is 4. The number of carbonyl (C=O) groups excluding carboxylic acids is 1. The first-order valence-electron chi connectivity index (χ1n) is 5.98. The number of amides is 1. The summed E-state index contributed by atoms with van der Waals surface area (Å²) in [5.74, 6) is -0.250. The van der Waals surface area contributed by atoms with Crippen molar-refractivity contribution in [2.45, 2.75) is 20.0 Å². The molecule has 0 aliphatic carbocycles. The van der Waals surface area contributed by atoms with Gasteiger partial charge in [-0.05, 0) is 24.1 Å². The molecule has 2 aromatic heterocycles. The minimum atomic E-state index is -0.250. The molecular weight excluding hydrogens is 244 g/mol. The molecule has 0 atom stereocenters. The third kappa shape index (κ3) is 3.35. The summed E-state index contributed by atoms with van der Waals surface area (Å²) in [6.07, 6.45) is 5.05. The first-order valence-corrected chi connectivity index (χ1v) is 5.98. The van der Waals surface area contributed by atoms with Gasteiger partial charge in [0.1, 0.15) is 0 Å².